The molecule has 1 amide bonds. The summed E-state index contributed by atoms with van der Waals surface area (Å²) in [5.41, 5.74) is -0.400. The van der Waals surface area contributed by atoms with Gasteiger partial charge < -0.3 is 15.0 Å². The Labute approximate surface area is 98.3 Å². The smallest absolute Gasteiger partial charge is 0.410 e. The molecule has 1 rings (SSSR count). The third-order valence-electron chi connectivity index (χ3n) is 2.68. The van der Waals surface area contributed by atoms with Gasteiger partial charge in [0.15, 0.2) is 0 Å². The standard InChI is InChI=1S/C12H24N2O2/c1-12(2,3)16-11(15)14(4)7-5-6-10-8-13-9-10/h10,13H,5-9H2,1-4H3. The van der Waals surface area contributed by atoms with Crippen LogP contribution in [0.1, 0.15) is 33.6 Å². The van der Waals surface area contributed by atoms with Crippen molar-refractivity contribution in [2.75, 3.05) is 26.7 Å². The predicted molar refractivity (Wildman–Crippen MR) is 64.5 cm³/mol. The lowest BCUT2D eigenvalue weighted by molar-refractivity contribution is 0.0293. The van der Waals surface area contributed by atoms with Crippen LogP contribution in [0.3, 0.4) is 0 Å². The molecule has 1 fully saturated rings. The molecule has 0 aromatic carbocycles. The van der Waals surface area contributed by atoms with Crippen molar-refractivity contribution in [3.05, 3.63) is 0 Å². The molecule has 1 aliphatic heterocycles. The first-order chi connectivity index (χ1) is 7.38. The van der Waals surface area contributed by atoms with E-state index in [-0.39, 0.29) is 6.09 Å². The van der Waals surface area contributed by atoms with E-state index < -0.39 is 5.60 Å². The molecule has 0 bridgehead atoms. The number of nitrogens with zero attached hydrogens (tertiary/aromatic N) is 1. The van der Waals surface area contributed by atoms with Crippen LogP contribution in [0.2, 0.25) is 0 Å². The van der Waals surface area contributed by atoms with Crippen molar-refractivity contribution in [3.8, 4) is 0 Å². The van der Waals surface area contributed by atoms with Gasteiger partial charge in [0.2, 0.25) is 0 Å². The van der Waals surface area contributed by atoms with Gasteiger partial charge in [-0.05, 0) is 52.6 Å². The third kappa shape index (κ3) is 4.84. The van der Waals surface area contributed by atoms with Gasteiger partial charge in [-0.25, -0.2) is 4.79 Å². The Morgan fingerprint density at radius 2 is 2.06 bits per heavy atom. The van der Waals surface area contributed by atoms with Crippen molar-refractivity contribution in [3.63, 3.8) is 0 Å². The van der Waals surface area contributed by atoms with Gasteiger partial charge in [-0.15, -0.1) is 0 Å². The summed E-state index contributed by atoms with van der Waals surface area (Å²) in [6.45, 7) is 8.72. The van der Waals surface area contributed by atoms with Gasteiger partial charge >= 0.3 is 6.09 Å². The summed E-state index contributed by atoms with van der Waals surface area (Å²) in [6.07, 6.45) is 2.03. The Morgan fingerprint density at radius 3 is 2.50 bits per heavy atom. The van der Waals surface area contributed by atoms with Crippen LogP contribution in [0.5, 0.6) is 0 Å². The molecule has 1 heterocycles. The summed E-state index contributed by atoms with van der Waals surface area (Å²) in [7, 11) is 1.80. The summed E-state index contributed by atoms with van der Waals surface area (Å²) in [4.78, 5) is 13.3. The van der Waals surface area contributed by atoms with Gasteiger partial charge in [-0.3, -0.25) is 0 Å². The second-order valence-electron chi connectivity index (χ2n) is 5.57. The lowest BCUT2D eigenvalue weighted by Gasteiger charge is -2.28. The molecule has 1 saturated heterocycles. The predicted octanol–water partition coefficient (Wildman–Crippen LogP) is 1.85. The molecule has 94 valence electrons. The van der Waals surface area contributed by atoms with E-state index >= 15 is 0 Å². The molecule has 0 atom stereocenters. The summed E-state index contributed by atoms with van der Waals surface area (Å²) in [5.74, 6) is 0.812. The molecule has 16 heavy (non-hydrogen) atoms. The Morgan fingerprint density at radius 1 is 1.44 bits per heavy atom. The monoisotopic (exact) mass is 228 g/mol. The average Bonchev–Trinajstić information content (AvgIpc) is 2.05. The fourth-order valence-electron chi connectivity index (χ4n) is 1.60. The molecule has 4 heteroatoms. The van der Waals surface area contributed by atoms with Gasteiger partial charge in [-0.2, -0.15) is 0 Å². The quantitative estimate of drug-likeness (QED) is 0.798. The second-order valence-corrected chi connectivity index (χ2v) is 5.57. The molecule has 0 radical (unpaired) electrons. The highest BCUT2D eigenvalue weighted by atomic mass is 16.6. The number of hydrogen-bond donors (Lipinski definition) is 1. The molecule has 0 unspecified atom stereocenters. The number of carbonyl (C=O) groups excluding carboxylic acids is 1. The number of ether oxygens (including phenoxy) is 1. The number of carbonyl (C=O) groups is 1. The normalized spacial score (nSPS) is 16.8. The van der Waals surface area contributed by atoms with Crippen LogP contribution in [0.25, 0.3) is 0 Å². The molecule has 0 aromatic heterocycles. The fraction of sp³-hybridized carbons (Fsp3) is 0.917. The van der Waals surface area contributed by atoms with E-state index in [2.05, 4.69) is 5.32 Å². The summed E-state index contributed by atoms with van der Waals surface area (Å²) >= 11 is 0. The van der Waals surface area contributed by atoms with Crippen LogP contribution in [0.4, 0.5) is 4.79 Å². The Balaban J connectivity index is 2.12. The first-order valence-corrected chi connectivity index (χ1v) is 6.03. The largest absolute Gasteiger partial charge is 0.444 e. The summed E-state index contributed by atoms with van der Waals surface area (Å²) in [5, 5.41) is 3.25. The maximum Gasteiger partial charge on any atom is 0.410 e. The lowest BCUT2D eigenvalue weighted by Crippen LogP contribution is -2.42. The zero-order chi connectivity index (χ0) is 12.2. The SMILES string of the molecule is CN(CCCC1CNC1)C(=O)OC(C)(C)C. The van der Waals surface area contributed by atoms with E-state index in [1.165, 1.54) is 6.42 Å². The number of amides is 1. The highest BCUT2D eigenvalue weighted by molar-refractivity contribution is 5.67. The van der Waals surface area contributed by atoms with E-state index in [9.17, 15) is 4.79 Å². The molecule has 0 saturated carbocycles. The van der Waals surface area contributed by atoms with Gasteiger partial charge in [0.05, 0.1) is 0 Å². The van der Waals surface area contributed by atoms with E-state index in [1.807, 2.05) is 20.8 Å². The Kier molecular flexibility index (Phi) is 4.59. The van der Waals surface area contributed by atoms with E-state index in [0.717, 1.165) is 32.0 Å². The molecule has 1 aliphatic rings. The number of hydrogen-bond acceptors (Lipinski definition) is 3. The van der Waals surface area contributed by atoms with E-state index in [4.69, 9.17) is 4.74 Å². The Bertz CT molecular complexity index is 232. The number of rotatable bonds is 4. The summed E-state index contributed by atoms with van der Waals surface area (Å²) < 4.78 is 5.27. The van der Waals surface area contributed by atoms with Crippen LogP contribution in [-0.2, 0) is 4.74 Å². The van der Waals surface area contributed by atoms with Crippen LogP contribution in [0, 0.1) is 5.92 Å². The minimum absolute atomic E-state index is 0.223. The molecule has 1 N–H and O–H groups in total. The first-order valence-electron chi connectivity index (χ1n) is 6.03. The topological polar surface area (TPSA) is 41.6 Å². The number of nitrogens with one attached hydrogen (secondary N) is 1. The van der Waals surface area contributed by atoms with Crippen molar-refractivity contribution < 1.29 is 9.53 Å². The maximum absolute atomic E-state index is 11.6. The van der Waals surface area contributed by atoms with Crippen molar-refractivity contribution in [1.29, 1.82) is 0 Å². The molecule has 0 spiro atoms. The van der Waals surface area contributed by atoms with Crippen molar-refractivity contribution in [2.24, 2.45) is 5.92 Å². The van der Waals surface area contributed by atoms with Crippen LogP contribution in [-0.4, -0.2) is 43.3 Å². The van der Waals surface area contributed by atoms with Gasteiger partial charge in [0.25, 0.3) is 0 Å². The third-order valence-corrected chi connectivity index (χ3v) is 2.68. The maximum atomic E-state index is 11.6. The zero-order valence-corrected chi connectivity index (χ0v) is 10.9. The highest BCUT2D eigenvalue weighted by Crippen LogP contribution is 2.13. The van der Waals surface area contributed by atoms with Crippen molar-refractivity contribution >= 4 is 6.09 Å². The van der Waals surface area contributed by atoms with Crippen molar-refractivity contribution in [2.45, 2.75) is 39.2 Å². The van der Waals surface area contributed by atoms with E-state index in [0.29, 0.717) is 0 Å². The molecule has 0 aromatic rings. The van der Waals surface area contributed by atoms with Gasteiger partial charge in [0, 0.05) is 13.6 Å². The minimum atomic E-state index is -0.400. The van der Waals surface area contributed by atoms with Crippen LogP contribution >= 0.6 is 0 Å². The van der Waals surface area contributed by atoms with Crippen molar-refractivity contribution in [1.82, 2.24) is 10.2 Å². The Hall–Kier alpha value is -0.770. The fourth-order valence-corrected chi connectivity index (χ4v) is 1.60. The lowest BCUT2D eigenvalue weighted by atomic mass is 9.97. The summed E-state index contributed by atoms with van der Waals surface area (Å²) in [6, 6.07) is 0. The van der Waals surface area contributed by atoms with Crippen LogP contribution in [0.15, 0.2) is 0 Å². The highest BCUT2D eigenvalue weighted by Gasteiger charge is 2.20. The molecule has 4 nitrogen and oxygen atoms in total. The molecular formula is C12H24N2O2. The van der Waals surface area contributed by atoms with E-state index in [1.54, 1.807) is 11.9 Å². The minimum Gasteiger partial charge on any atom is -0.444 e. The average molecular weight is 228 g/mol. The van der Waals surface area contributed by atoms with Gasteiger partial charge in [0.1, 0.15) is 5.60 Å². The molecular weight excluding hydrogens is 204 g/mol. The first kappa shape index (κ1) is 13.3. The van der Waals surface area contributed by atoms with Gasteiger partial charge in [-0.1, -0.05) is 0 Å². The second kappa shape index (κ2) is 5.53. The molecule has 0 aliphatic carbocycles. The van der Waals surface area contributed by atoms with Crippen LogP contribution < -0.4 is 5.32 Å². The zero-order valence-electron chi connectivity index (χ0n) is 10.9.